The Morgan fingerprint density at radius 2 is 1.76 bits per heavy atom. The highest BCUT2D eigenvalue weighted by molar-refractivity contribution is 5.92. The molecule has 2 aromatic heterocycles. The molecule has 0 atom stereocenters. The number of anilines is 2. The number of rotatable bonds is 2. The van der Waals surface area contributed by atoms with Crippen LogP contribution >= 0.6 is 0 Å². The molecule has 1 aliphatic heterocycles. The molecule has 1 fully saturated rings. The predicted octanol–water partition coefficient (Wildman–Crippen LogP) is 4.00. The zero-order valence-electron chi connectivity index (χ0n) is 15.4. The predicted molar refractivity (Wildman–Crippen MR) is 104 cm³/mol. The summed E-state index contributed by atoms with van der Waals surface area (Å²) in [6.07, 6.45) is -1.54. The molecular weight excluding hydrogens is 383 g/mol. The number of pyridine rings is 2. The van der Waals surface area contributed by atoms with Gasteiger partial charge in [-0.3, -0.25) is 4.98 Å². The topological polar surface area (TPSA) is 61.4 Å². The fraction of sp³-hybridized carbons (Fsp3) is 0.250. The number of fused-ring (bicyclic) bond motifs is 1. The average Bonchev–Trinajstić information content (AvgIpc) is 2.73. The number of carbonyl (C=O) groups excluding carboxylic acids is 1. The highest BCUT2D eigenvalue weighted by Crippen LogP contribution is 2.35. The summed E-state index contributed by atoms with van der Waals surface area (Å²) in [5.41, 5.74) is 0.635. The molecule has 0 bridgehead atoms. The molecule has 1 saturated heterocycles. The Hall–Kier alpha value is -3.36. The molecule has 1 aromatic carbocycles. The number of para-hydroxylation sites is 1. The van der Waals surface area contributed by atoms with Crippen molar-refractivity contribution < 1.29 is 18.0 Å². The van der Waals surface area contributed by atoms with E-state index in [9.17, 15) is 18.0 Å². The highest BCUT2D eigenvalue weighted by Gasteiger charge is 2.36. The fourth-order valence-electron chi connectivity index (χ4n) is 3.33. The first-order valence-corrected chi connectivity index (χ1v) is 9.10. The summed E-state index contributed by atoms with van der Waals surface area (Å²) in [5.74, 6) is -0.0983. The summed E-state index contributed by atoms with van der Waals surface area (Å²) < 4.78 is 39.6. The van der Waals surface area contributed by atoms with Crippen molar-refractivity contribution in [3.63, 3.8) is 0 Å². The van der Waals surface area contributed by atoms with Crippen molar-refractivity contribution in [2.75, 3.05) is 36.4 Å². The average molecular weight is 401 g/mol. The number of nitrogens with one attached hydrogen (secondary N) is 1. The normalized spacial score (nSPS) is 14.9. The van der Waals surface area contributed by atoms with Crippen molar-refractivity contribution in [2.24, 2.45) is 0 Å². The van der Waals surface area contributed by atoms with Gasteiger partial charge in [-0.15, -0.1) is 0 Å². The van der Waals surface area contributed by atoms with E-state index in [1.165, 1.54) is 12.3 Å². The molecule has 0 aliphatic carbocycles. The molecule has 3 aromatic rings. The second kappa shape index (κ2) is 7.57. The first kappa shape index (κ1) is 19.0. The van der Waals surface area contributed by atoms with E-state index in [0.717, 1.165) is 17.0 Å². The van der Waals surface area contributed by atoms with E-state index >= 15 is 0 Å². The number of hydrogen-bond acceptors (Lipinski definition) is 4. The minimum Gasteiger partial charge on any atom is -0.353 e. The number of piperazine rings is 1. The third-order valence-corrected chi connectivity index (χ3v) is 4.80. The molecule has 1 aliphatic rings. The SMILES string of the molecule is O=C(Nc1cnc2ccccc2c1)N1CCN(c2ncccc2C(F)(F)F)CC1. The van der Waals surface area contributed by atoms with Gasteiger partial charge in [0, 0.05) is 37.8 Å². The fourth-order valence-corrected chi connectivity index (χ4v) is 3.33. The maximum Gasteiger partial charge on any atom is 0.419 e. The van der Waals surface area contributed by atoms with Gasteiger partial charge in [-0.2, -0.15) is 13.2 Å². The smallest absolute Gasteiger partial charge is 0.353 e. The molecule has 9 heteroatoms. The number of carbonyl (C=O) groups is 1. The quantitative estimate of drug-likeness (QED) is 0.705. The van der Waals surface area contributed by atoms with Crippen molar-refractivity contribution in [3.8, 4) is 0 Å². The van der Waals surface area contributed by atoms with Gasteiger partial charge in [-0.05, 0) is 24.3 Å². The van der Waals surface area contributed by atoms with Gasteiger partial charge in [-0.1, -0.05) is 18.2 Å². The lowest BCUT2D eigenvalue weighted by molar-refractivity contribution is -0.137. The number of alkyl halides is 3. The maximum atomic E-state index is 13.2. The van der Waals surface area contributed by atoms with Crippen LogP contribution in [0.2, 0.25) is 0 Å². The molecule has 2 amide bonds. The molecule has 3 heterocycles. The van der Waals surface area contributed by atoms with E-state index in [1.54, 1.807) is 16.0 Å². The lowest BCUT2D eigenvalue weighted by Gasteiger charge is -2.36. The van der Waals surface area contributed by atoms with Gasteiger partial charge in [0.15, 0.2) is 0 Å². The molecule has 0 spiro atoms. The van der Waals surface area contributed by atoms with E-state index in [4.69, 9.17) is 0 Å². The number of hydrogen-bond donors (Lipinski definition) is 1. The summed E-state index contributed by atoms with van der Waals surface area (Å²) >= 11 is 0. The maximum absolute atomic E-state index is 13.2. The molecule has 0 saturated carbocycles. The first-order valence-electron chi connectivity index (χ1n) is 9.10. The molecule has 6 nitrogen and oxygen atoms in total. The largest absolute Gasteiger partial charge is 0.419 e. The summed E-state index contributed by atoms with van der Waals surface area (Å²) in [5, 5.41) is 3.71. The minimum absolute atomic E-state index is 0.0983. The molecule has 0 unspecified atom stereocenters. The van der Waals surface area contributed by atoms with E-state index in [2.05, 4.69) is 15.3 Å². The van der Waals surface area contributed by atoms with Gasteiger partial charge in [0.25, 0.3) is 0 Å². The van der Waals surface area contributed by atoms with Crippen LogP contribution in [0.3, 0.4) is 0 Å². The van der Waals surface area contributed by atoms with Crippen molar-refractivity contribution in [3.05, 3.63) is 60.4 Å². The molecule has 150 valence electrons. The van der Waals surface area contributed by atoms with Crippen LogP contribution in [0.5, 0.6) is 0 Å². The lowest BCUT2D eigenvalue weighted by atomic mass is 10.2. The van der Waals surface area contributed by atoms with E-state index in [0.29, 0.717) is 18.8 Å². The molecule has 29 heavy (non-hydrogen) atoms. The second-order valence-corrected chi connectivity index (χ2v) is 6.69. The Labute approximate surface area is 165 Å². The number of aromatic nitrogens is 2. The molecular formula is C20H18F3N5O. The number of urea groups is 1. The van der Waals surface area contributed by atoms with Crippen LogP contribution < -0.4 is 10.2 Å². The standard InChI is InChI=1S/C20H18F3N5O/c21-20(22,23)16-5-3-7-24-18(16)27-8-10-28(11-9-27)19(29)26-15-12-14-4-1-2-6-17(14)25-13-15/h1-7,12-13H,8-11H2,(H,26,29). The summed E-state index contributed by atoms with van der Waals surface area (Å²) in [6.45, 7) is 1.12. The number of halogens is 3. The van der Waals surface area contributed by atoms with Crippen LogP contribution in [0, 0.1) is 0 Å². The Kier molecular flexibility index (Phi) is 4.96. The third kappa shape index (κ3) is 4.08. The zero-order chi connectivity index (χ0) is 20.4. The Bertz CT molecular complexity index is 1030. The van der Waals surface area contributed by atoms with Crippen LogP contribution in [0.1, 0.15) is 5.56 Å². The van der Waals surface area contributed by atoms with Gasteiger partial charge in [0.1, 0.15) is 5.82 Å². The minimum atomic E-state index is -4.47. The monoisotopic (exact) mass is 401 g/mol. The van der Waals surface area contributed by atoms with Crippen LogP contribution in [0.15, 0.2) is 54.9 Å². The first-order chi connectivity index (χ1) is 13.9. The van der Waals surface area contributed by atoms with Gasteiger partial charge in [-0.25, -0.2) is 9.78 Å². The van der Waals surface area contributed by atoms with Crippen molar-refractivity contribution in [2.45, 2.75) is 6.18 Å². The van der Waals surface area contributed by atoms with Crippen LogP contribution in [0.4, 0.5) is 29.5 Å². The van der Waals surface area contributed by atoms with Crippen LogP contribution in [-0.4, -0.2) is 47.1 Å². The summed E-state index contributed by atoms with van der Waals surface area (Å²) in [7, 11) is 0. The summed E-state index contributed by atoms with van der Waals surface area (Å²) in [6, 6.07) is 11.4. The number of amides is 2. The van der Waals surface area contributed by atoms with E-state index < -0.39 is 11.7 Å². The van der Waals surface area contributed by atoms with Crippen molar-refractivity contribution in [1.29, 1.82) is 0 Å². The summed E-state index contributed by atoms with van der Waals surface area (Å²) in [4.78, 5) is 23.9. The van der Waals surface area contributed by atoms with E-state index in [-0.39, 0.29) is 24.9 Å². The van der Waals surface area contributed by atoms with Gasteiger partial charge < -0.3 is 15.1 Å². The zero-order valence-corrected chi connectivity index (χ0v) is 15.4. The van der Waals surface area contributed by atoms with Crippen LogP contribution in [0.25, 0.3) is 10.9 Å². The Morgan fingerprint density at radius 3 is 2.52 bits per heavy atom. The van der Waals surface area contributed by atoms with Crippen molar-refractivity contribution >= 4 is 28.4 Å². The van der Waals surface area contributed by atoms with Gasteiger partial charge in [0.05, 0.1) is 23.0 Å². The second-order valence-electron chi connectivity index (χ2n) is 6.69. The highest BCUT2D eigenvalue weighted by atomic mass is 19.4. The third-order valence-electron chi connectivity index (χ3n) is 4.80. The Balaban J connectivity index is 1.41. The number of benzene rings is 1. The van der Waals surface area contributed by atoms with Gasteiger partial charge >= 0.3 is 12.2 Å². The number of nitrogens with zero attached hydrogens (tertiary/aromatic N) is 4. The van der Waals surface area contributed by atoms with Crippen molar-refractivity contribution in [1.82, 2.24) is 14.9 Å². The molecule has 0 radical (unpaired) electrons. The lowest BCUT2D eigenvalue weighted by Crippen LogP contribution is -2.50. The Morgan fingerprint density at radius 1 is 1.00 bits per heavy atom. The van der Waals surface area contributed by atoms with Crippen LogP contribution in [-0.2, 0) is 6.18 Å². The van der Waals surface area contributed by atoms with E-state index in [1.807, 2.05) is 30.3 Å². The molecule has 4 rings (SSSR count). The van der Waals surface area contributed by atoms with Gasteiger partial charge in [0.2, 0.25) is 0 Å². The molecule has 1 N–H and O–H groups in total.